The maximum atomic E-state index is 9.55. The number of aliphatic hydroxyl groups is 2. The van der Waals surface area contributed by atoms with Gasteiger partial charge in [-0.05, 0) is 49.4 Å². The minimum Gasteiger partial charge on any atom is -0.396 e. The Morgan fingerprint density at radius 1 is 0.889 bits per heavy atom. The van der Waals surface area contributed by atoms with E-state index in [1.807, 2.05) is 0 Å². The average Bonchev–Trinajstić information content (AvgIpc) is 2.78. The van der Waals surface area contributed by atoms with Crippen LogP contribution < -0.4 is 0 Å². The molecule has 0 spiro atoms. The van der Waals surface area contributed by atoms with Gasteiger partial charge in [0.25, 0.3) is 0 Å². The van der Waals surface area contributed by atoms with E-state index in [1.54, 1.807) is 0 Å². The molecule has 2 rings (SSSR count). The molecule has 0 aromatic carbocycles. The Morgan fingerprint density at radius 2 is 1.56 bits per heavy atom. The first-order valence-corrected chi connectivity index (χ1v) is 7.73. The first-order valence-electron chi connectivity index (χ1n) is 7.73. The Balaban J connectivity index is 1.99. The van der Waals surface area contributed by atoms with E-state index in [1.165, 1.54) is 38.5 Å². The van der Waals surface area contributed by atoms with Crippen LogP contribution in [0, 0.1) is 23.7 Å². The molecule has 18 heavy (non-hydrogen) atoms. The van der Waals surface area contributed by atoms with E-state index < -0.39 is 0 Å². The number of hydrogen-bond acceptors (Lipinski definition) is 2. The highest BCUT2D eigenvalue weighted by atomic mass is 16.3. The second-order valence-corrected chi connectivity index (χ2v) is 6.20. The molecule has 0 aliphatic heterocycles. The predicted molar refractivity (Wildman–Crippen MR) is 74.2 cm³/mol. The molecule has 0 saturated heterocycles. The van der Waals surface area contributed by atoms with E-state index >= 15 is 0 Å². The van der Waals surface area contributed by atoms with Gasteiger partial charge >= 0.3 is 0 Å². The topological polar surface area (TPSA) is 40.5 Å². The predicted octanol–water partition coefficient (Wildman–Crippen LogP) is 3.14. The van der Waals surface area contributed by atoms with Gasteiger partial charge in [0, 0.05) is 13.2 Å². The van der Waals surface area contributed by atoms with E-state index in [4.69, 9.17) is 0 Å². The van der Waals surface area contributed by atoms with Crippen LogP contribution in [0.2, 0.25) is 0 Å². The van der Waals surface area contributed by atoms with E-state index in [0.717, 1.165) is 18.8 Å². The molecule has 0 aromatic heterocycles. The second kappa shape index (κ2) is 7.30. The van der Waals surface area contributed by atoms with Crippen LogP contribution in [0.3, 0.4) is 0 Å². The Morgan fingerprint density at radius 3 is 2.17 bits per heavy atom. The van der Waals surface area contributed by atoms with Crippen molar-refractivity contribution < 1.29 is 10.2 Å². The van der Waals surface area contributed by atoms with Crippen LogP contribution in [0.15, 0.2) is 12.2 Å². The molecule has 2 heteroatoms. The van der Waals surface area contributed by atoms with Gasteiger partial charge in [-0.2, -0.15) is 0 Å². The first-order chi connectivity index (χ1) is 8.85. The van der Waals surface area contributed by atoms with Gasteiger partial charge in [0.15, 0.2) is 0 Å². The molecule has 0 bridgehead atoms. The SMILES string of the molecule is OCC1CC=CC(C2CCCCCC2)CC1CO. The molecule has 2 nitrogen and oxygen atoms in total. The monoisotopic (exact) mass is 252 g/mol. The highest BCUT2D eigenvalue weighted by Crippen LogP contribution is 2.37. The normalized spacial score (nSPS) is 35.1. The van der Waals surface area contributed by atoms with Crippen molar-refractivity contribution in [3.63, 3.8) is 0 Å². The van der Waals surface area contributed by atoms with Crippen LogP contribution in [0.25, 0.3) is 0 Å². The molecule has 2 aliphatic carbocycles. The molecule has 104 valence electrons. The van der Waals surface area contributed by atoms with Crippen molar-refractivity contribution >= 4 is 0 Å². The van der Waals surface area contributed by atoms with Crippen molar-refractivity contribution in [3.8, 4) is 0 Å². The first kappa shape index (κ1) is 14.1. The zero-order valence-electron chi connectivity index (χ0n) is 11.4. The summed E-state index contributed by atoms with van der Waals surface area (Å²) in [7, 11) is 0. The van der Waals surface area contributed by atoms with Crippen molar-refractivity contribution in [1.82, 2.24) is 0 Å². The van der Waals surface area contributed by atoms with Gasteiger partial charge in [-0.25, -0.2) is 0 Å². The van der Waals surface area contributed by atoms with Gasteiger partial charge in [-0.3, -0.25) is 0 Å². The Labute approximate surface area is 111 Å². The molecule has 2 N–H and O–H groups in total. The fourth-order valence-electron chi connectivity index (χ4n) is 3.78. The molecule has 1 fully saturated rings. The minimum atomic E-state index is 0.215. The Hall–Kier alpha value is -0.340. The van der Waals surface area contributed by atoms with Gasteiger partial charge in [0.1, 0.15) is 0 Å². The number of hydrogen-bond donors (Lipinski definition) is 2. The highest BCUT2D eigenvalue weighted by molar-refractivity contribution is 4.98. The third-order valence-corrected chi connectivity index (χ3v) is 5.04. The third-order valence-electron chi connectivity index (χ3n) is 5.04. The van der Waals surface area contributed by atoms with Crippen molar-refractivity contribution in [2.45, 2.75) is 51.4 Å². The van der Waals surface area contributed by atoms with Crippen LogP contribution in [0.4, 0.5) is 0 Å². The lowest BCUT2D eigenvalue weighted by Crippen LogP contribution is -2.24. The maximum Gasteiger partial charge on any atom is 0.0465 e. The summed E-state index contributed by atoms with van der Waals surface area (Å²) in [5.41, 5.74) is 0. The molecule has 3 atom stereocenters. The van der Waals surface area contributed by atoms with Crippen LogP contribution in [0.5, 0.6) is 0 Å². The Kier molecular flexibility index (Phi) is 5.71. The van der Waals surface area contributed by atoms with Crippen molar-refractivity contribution in [1.29, 1.82) is 0 Å². The van der Waals surface area contributed by atoms with Crippen molar-refractivity contribution in [3.05, 3.63) is 12.2 Å². The fourth-order valence-corrected chi connectivity index (χ4v) is 3.78. The molecule has 0 heterocycles. The molecular weight excluding hydrogens is 224 g/mol. The molecular formula is C16H28O2. The lowest BCUT2D eigenvalue weighted by Gasteiger charge is -2.28. The molecule has 3 unspecified atom stereocenters. The number of rotatable bonds is 3. The lowest BCUT2D eigenvalue weighted by molar-refractivity contribution is 0.103. The Bertz CT molecular complexity index is 254. The molecule has 0 amide bonds. The molecule has 2 aliphatic rings. The summed E-state index contributed by atoms with van der Waals surface area (Å²) < 4.78 is 0. The smallest absolute Gasteiger partial charge is 0.0465 e. The minimum absolute atomic E-state index is 0.215. The van der Waals surface area contributed by atoms with Crippen LogP contribution in [-0.4, -0.2) is 23.4 Å². The molecule has 0 radical (unpaired) electrons. The zero-order chi connectivity index (χ0) is 12.8. The van der Waals surface area contributed by atoms with E-state index in [9.17, 15) is 10.2 Å². The molecule has 0 aromatic rings. The van der Waals surface area contributed by atoms with E-state index in [-0.39, 0.29) is 19.1 Å². The van der Waals surface area contributed by atoms with E-state index in [0.29, 0.717) is 11.8 Å². The van der Waals surface area contributed by atoms with Crippen LogP contribution in [0.1, 0.15) is 51.4 Å². The van der Waals surface area contributed by atoms with Gasteiger partial charge in [0.2, 0.25) is 0 Å². The summed E-state index contributed by atoms with van der Waals surface area (Å²) in [5, 5.41) is 19.0. The maximum absolute atomic E-state index is 9.55. The van der Waals surface area contributed by atoms with Gasteiger partial charge in [0.05, 0.1) is 0 Å². The zero-order valence-corrected chi connectivity index (χ0v) is 11.4. The average molecular weight is 252 g/mol. The number of aliphatic hydroxyl groups excluding tert-OH is 2. The van der Waals surface area contributed by atoms with Crippen molar-refractivity contribution in [2.75, 3.05) is 13.2 Å². The molecule has 1 saturated carbocycles. The van der Waals surface area contributed by atoms with Crippen LogP contribution in [-0.2, 0) is 0 Å². The second-order valence-electron chi connectivity index (χ2n) is 6.20. The third kappa shape index (κ3) is 3.58. The highest BCUT2D eigenvalue weighted by Gasteiger charge is 2.29. The van der Waals surface area contributed by atoms with Crippen molar-refractivity contribution in [2.24, 2.45) is 23.7 Å². The van der Waals surface area contributed by atoms with Gasteiger partial charge < -0.3 is 10.2 Å². The largest absolute Gasteiger partial charge is 0.396 e. The summed E-state index contributed by atoms with van der Waals surface area (Å²) in [6.07, 6.45) is 14.9. The summed E-state index contributed by atoms with van der Waals surface area (Å²) in [4.78, 5) is 0. The van der Waals surface area contributed by atoms with Gasteiger partial charge in [-0.15, -0.1) is 0 Å². The fraction of sp³-hybridized carbons (Fsp3) is 0.875. The van der Waals surface area contributed by atoms with Gasteiger partial charge in [-0.1, -0.05) is 37.8 Å². The summed E-state index contributed by atoms with van der Waals surface area (Å²) in [6, 6.07) is 0. The standard InChI is InChI=1S/C16H28O2/c17-11-15-9-5-8-14(10-16(15)12-18)13-6-3-1-2-4-7-13/h5,8,13-18H,1-4,6-7,9-12H2. The summed E-state index contributed by atoms with van der Waals surface area (Å²) >= 11 is 0. The summed E-state index contributed by atoms with van der Waals surface area (Å²) in [6.45, 7) is 0.448. The number of allylic oxidation sites excluding steroid dienone is 2. The van der Waals surface area contributed by atoms with Crippen LogP contribution >= 0.6 is 0 Å². The summed E-state index contributed by atoms with van der Waals surface area (Å²) in [5.74, 6) is 2.01. The quantitative estimate of drug-likeness (QED) is 0.598. The lowest BCUT2D eigenvalue weighted by atomic mass is 9.78. The van der Waals surface area contributed by atoms with E-state index in [2.05, 4.69) is 12.2 Å².